The average Bonchev–Trinajstić information content (AvgIpc) is 3.25. The van der Waals surface area contributed by atoms with Crippen LogP contribution in [0.5, 0.6) is 11.5 Å². The second kappa shape index (κ2) is 9.17. The first-order valence-electron chi connectivity index (χ1n) is 10.9. The molecule has 0 aliphatic carbocycles. The van der Waals surface area contributed by atoms with E-state index >= 15 is 0 Å². The topological polar surface area (TPSA) is 62.8 Å². The molecule has 2 heterocycles. The maximum atomic E-state index is 12.8. The van der Waals surface area contributed by atoms with Gasteiger partial charge in [-0.3, -0.25) is 10.3 Å². The lowest BCUT2D eigenvalue weighted by Gasteiger charge is -2.36. The van der Waals surface area contributed by atoms with Crippen LogP contribution in [-0.2, 0) is 4.84 Å². The number of amides is 2. The summed E-state index contributed by atoms with van der Waals surface area (Å²) in [6.07, 6.45) is 3.56. The van der Waals surface area contributed by atoms with Crippen molar-refractivity contribution < 1.29 is 14.4 Å². The van der Waals surface area contributed by atoms with Crippen LogP contribution in [0.3, 0.4) is 0 Å². The molecule has 1 saturated heterocycles. The SMILES string of the molecule is O=C(Nc1ccc(Oc2ccccc2)cc1)N1CCC2(C=C(c3ccc(Cl)cc3)NO2)CC1. The van der Waals surface area contributed by atoms with Gasteiger partial charge in [0.2, 0.25) is 0 Å². The third kappa shape index (κ3) is 4.97. The Morgan fingerprint density at radius 2 is 1.61 bits per heavy atom. The van der Waals surface area contributed by atoms with Crippen LogP contribution in [0.4, 0.5) is 10.5 Å². The number of hydrogen-bond donors (Lipinski definition) is 2. The molecule has 168 valence electrons. The zero-order valence-electron chi connectivity index (χ0n) is 18.0. The highest BCUT2D eigenvalue weighted by Gasteiger charge is 2.39. The van der Waals surface area contributed by atoms with Gasteiger partial charge in [0.15, 0.2) is 0 Å². The van der Waals surface area contributed by atoms with Crippen LogP contribution in [-0.4, -0.2) is 29.6 Å². The number of carbonyl (C=O) groups excluding carboxylic acids is 1. The largest absolute Gasteiger partial charge is 0.457 e. The summed E-state index contributed by atoms with van der Waals surface area (Å²) in [5.74, 6) is 1.49. The first-order valence-corrected chi connectivity index (χ1v) is 11.3. The molecular weight excluding hydrogens is 438 g/mol. The average molecular weight is 462 g/mol. The van der Waals surface area contributed by atoms with Gasteiger partial charge >= 0.3 is 6.03 Å². The second-order valence-electron chi connectivity index (χ2n) is 8.19. The van der Waals surface area contributed by atoms with Gasteiger partial charge in [-0.25, -0.2) is 4.79 Å². The quantitative estimate of drug-likeness (QED) is 0.494. The second-order valence-corrected chi connectivity index (χ2v) is 8.63. The summed E-state index contributed by atoms with van der Waals surface area (Å²) in [6, 6.07) is 24.5. The van der Waals surface area contributed by atoms with Gasteiger partial charge in [0, 0.05) is 36.6 Å². The number of piperidine rings is 1. The monoisotopic (exact) mass is 461 g/mol. The van der Waals surface area contributed by atoms with Crippen molar-refractivity contribution >= 4 is 29.0 Å². The number of benzene rings is 3. The summed E-state index contributed by atoms with van der Waals surface area (Å²) in [6.45, 7) is 1.21. The van der Waals surface area contributed by atoms with Crippen LogP contribution in [0, 0.1) is 0 Å². The van der Waals surface area contributed by atoms with Gasteiger partial charge in [0.05, 0.1) is 5.70 Å². The fraction of sp³-hybridized carbons (Fsp3) is 0.192. The lowest BCUT2D eigenvalue weighted by molar-refractivity contribution is -0.0634. The fourth-order valence-electron chi connectivity index (χ4n) is 4.02. The number of carbonyl (C=O) groups is 1. The van der Waals surface area contributed by atoms with Crippen LogP contribution in [0.25, 0.3) is 5.70 Å². The minimum absolute atomic E-state index is 0.116. The maximum absolute atomic E-state index is 12.8. The molecule has 2 aliphatic heterocycles. The Morgan fingerprint density at radius 1 is 0.939 bits per heavy atom. The third-order valence-corrected chi connectivity index (χ3v) is 6.16. The van der Waals surface area contributed by atoms with Crippen molar-refractivity contribution in [1.82, 2.24) is 10.4 Å². The van der Waals surface area contributed by atoms with Crippen molar-refractivity contribution in [2.45, 2.75) is 18.4 Å². The summed E-state index contributed by atoms with van der Waals surface area (Å²) in [5.41, 5.74) is 5.33. The van der Waals surface area contributed by atoms with E-state index in [0.717, 1.165) is 22.7 Å². The number of nitrogens with zero attached hydrogens (tertiary/aromatic N) is 1. The van der Waals surface area contributed by atoms with E-state index in [4.69, 9.17) is 21.2 Å². The Labute approximate surface area is 197 Å². The molecule has 6 nitrogen and oxygen atoms in total. The van der Waals surface area contributed by atoms with E-state index in [1.54, 1.807) is 0 Å². The molecule has 33 heavy (non-hydrogen) atoms. The number of likely N-dealkylation sites (tertiary alicyclic amines) is 1. The predicted octanol–water partition coefficient (Wildman–Crippen LogP) is 6.07. The highest BCUT2D eigenvalue weighted by atomic mass is 35.5. The number of hydroxylamine groups is 1. The lowest BCUT2D eigenvalue weighted by atomic mass is 9.90. The molecule has 5 rings (SSSR count). The van der Waals surface area contributed by atoms with Crippen molar-refractivity contribution in [2.75, 3.05) is 18.4 Å². The van der Waals surface area contributed by atoms with Crippen molar-refractivity contribution in [3.63, 3.8) is 0 Å². The van der Waals surface area contributed by atoms with Crippen molar-refractivity contribution in [3.05, 3.63) is 95.5 Å². The Balaban J connectivity index is 1.15. The molecule has 2 N–H and O–H groups in total. The molecule has 3 aromatic carbocycles. The number of anilines is 1. The number of urea groups is 1. The van der Waals surface area contributed by atoms with Crippen molar-refractivity contribution in [2.24, 2.45) is 0 Å². The lowest BCUT2D eigenvalue weighted by Crippen LogP contribution is -2.48. The Hall–Kier alpha value is -3.48. The summed E-state index contributed by atoms with van der Waals surface area (Å²) in [5, 5.41) is 3.67. The number of hydrogen-bond acceptors (Lipinski definition) is 4. The number of ether oxygens (including phenoxy) is 1. The van der Waals surface area contributed by atoms with E-state index in [1.807, 2.05) is 83.8 Å². The number of nitrogens with one attached hydrogen (secondary N) is 2. The van der Waals surface area contributed by atoms with Crippen LogP contribution in [0.2, 0.25) is 5.02 Å². The van der Waals surface area contributed by atoms with E-state index in [0.29, 0.717) is 36.7 Å². The number of halogens is 1. The molecule has 0 unspecified atom stereocenters. The molecule has 3 aromatic rings. The predicted molar refractivity (Wildman–Crippen MR) is 129 cm³/mol. The third-order valence-electron chi connectivity index (χ3n) is 5.91. The normalized spacial score (nSPS) is 16.8. The molecule has 2 aliphatic rings. The zero-order chi connectivity index (χ0) is 22.7. The van der Waals surface area contributed by atoms with Gasteiger partial charge in [-0.05, 0) is 60.2 Å². The van der Waals surface area contributed by atoms with Crippen LogP contribution in [0.1, 0.15) is 18.4 Å². The molecule has 7 heteroatoms. The molecular formula is C26H24ClN3O3. The zero-order valence-corrected chi connectivity index (χ0v) is 18.7. The smallest absolute Gasteiger partial charge is 0.321 e. The minimum atomic E-state index is -0.401. The van der Waals surface area contributed by atoms with Crippen LogP contribution in [0.15, 0.2) is 84.9 Å². The van der Waals surface area contributed by atoms with Gasteiger partial charge in [0.1, 0.15) is 17.1 Å². The highest BCUT2D eigenvalue weighted by molar-refractivity contribution is 6.30. The fourth-order valence-corrected chi connectivity index (χ4v) is 4.14. The molecule has 0 saturated carbocycles. The summed E-state index contributed by atoms with van der Waals surface area (Å²) in [7, 11) is 0. The van der Waals surface area contributed by atoms with Crippen LogP contribution < -0.4 is 15.5 Å². The van der Waals surface area contributed by atoms with E-state index < -0.39 is 5.60 Å². The Morgan fingerprint density at radius 3 is 2.30 bits per heavy atom. The van der Waals surface area contributed by atoms with E-state index in [1.165, 1.54) is 0 Å². The van der Waals surface area contributed by atoms with Gasteiger partial charge in [0.25, 0.3) is 0 Å². The summed E-state index contributed by atoms with van der Waals surface area (Å²) >= 11 is 5.98. The molecule has 0 bridgehead atoms. The van der Waals surface area contributed by atoms with Crippen LogP contribution >= 0.6 is 11.6 Å². The summed E-state index contributed by atoms with van der Waals surface area (Å²) < 4.78 is 5.80. The molecule has 2 amide bonds. The molecule has 0 atom stereocenters. The highest BCUT2D eigenvalue weighted by Crippen LogP contribution is 2.35. The minimum Gasteiger partial charge on any atom is -0.457 e. The van der Waals surface area contributed by atoms with Gasteiger partial charge in [-0.2, -0.15) is 0 Å². The molecule has 0 aromatic heterocycles. The van der Waals surface area contributed by atoms with Gasteiger partial charge in [-0.1, -0.05) is 41.9 Å². The van der Waals surface area contributed by atoms with E-state index in [-0.39, 0.29) is 6.03 Å². The standard InChI is InChI=1S/C26H24ClN3O3/c27-20-8-6-19(7-9-20)24-18-26(33-29-24)14-16-30(17-15-26)25(31)28-21-10-12-23(13-11-21)32-22-4-2-1-3-5-22/h1-13,18,29H,14-17H2,(H,28,31). The molecule has 1 fully saturated rings. The number of para-hydroxylation sites is 1. The summed E-state index contributed by atoms with van der Waals surface area (Å²) in [4.78, 5) is 20.5. The van der Waals surface area contributed by atoms with Gasteiger partial charge < -0.3 is 15.0 Å². The molecule has 1 spiro atoms. The molecule has 0 radical (unpaired) electrons. The maximum Gasteiger partial charge on any atom is 0.321 e. The van der Waals surface area contributed by atoms with E-state index in [2.05, 4.69) is 16.9 Å². The van der Waals surface area contributed by atoms with Gasteiger partial charge in [-0.15, -0.1) is 0 Å². The number of rotatable bonds is 4. The Bertz CT molecular complexity index is 1140. The van der Waals surface area contributed by atoms with E-state index in [9.17, 15) is 4.79 Å². The Kier molecular flexibility index (Phi) is 5.94. The first kappa shape index (κ1) is 21.4. The first-order chi connectivity index (χ1) is 16.1. The van der Waals surface area contributed by atoms with Crippen molar-refractivity contribution in [1.29, 1.82) is 0 Å². The van der Waals surface area contributed by atoms with Crippen molar-refractivity contribution in [3.8, 4) is 11.5 Å².